The highest BCUT2D eigenvalue weighted by molar-refractivity contribution is 5.16. The van der Waals surface area contributed by atoms with Gasteiger partial charge in [-0.05, 0) is 43.0 Å². The highest BCUT2D eigenvalue weighted by atomic mass is 19.1. The van der Waals surface area contributed by atoms with Crippen molar-refractivity contribution in [2.45, 2.75) is 58.3 Å². The molecule has 19 heavy (non-hydrogen) atoms. The van der Waals surface area contributed by atoms with Gasteiger partial charge in [-0.2, -0.15) is 0 Å². The van der Waals surface area contributed by atoms with E-state index in [4.69, 9.17) is 5.73 Å². The normalized spacial score (nSPS) is 12.6. The van der Waals surface area contributed by atoms with Crippen molar-refractivity contribution in [1.29, 1.82) is 0 Å². The number of hydrogen-bond donors (Lipinski definition) is 1. The van der Waals surface area contributed by atoms with Crippen LogP contribution in [0.3, 0.4) is 0 Å². The zero-order chi connectivity index (χ0) is 13.9. The van der Waals surface area contributed by atoms with Crippen LogP contribution in [0.5, 0.6) is 0 Å². The predicted molar refractivity (Wildman–Crippen MR) is 80.6 cm³/mol. The first-order chi connectivity index (χ1) is 9.26. The summed E-state index contributed by atoms with van der Waals surface area (Å²) < 4.78 is 12.8. The summed E-state index contributed by atoms with van der Waals surface area (Å²) in [4.78, 5) is 0. The molecule has 1 aromatic rings. The Kier molecular flexibility index (Phi) is 8.48. The minimum atomic E-state index is -0.163. The molecule has 0 fully saturated rings. The number of hydrogen-bond acceptors (Lipinski definition) is 1. The van der Waals surface area contributed by atoms with Crippen molar-refractivity contribution in [2.75, 3.05) is 6.54 Å². The highest BCUT2D eigenvalue weighted by Crippen LogP contribution is 2.16. The molecule has 0 spiro atoms. The first kappa shape index (κ1) is 16.2. The third-order valence-corrected chi connectivity index (χ3v) is 3.74. The largest absolute Gasteiger partial charge is 0.330 e. The summed E-state index contributed by atoms with van der Waals surface area (Å²) in [5.41, 5.74) is 7.04. The van der Waals surface area contributed by atoms with Crippen LogP contribution in [0.1, 0.15) is 57.4 Å². The summed E-state index contributed by atoms with van der Waals surface area (Å²) in [6.07, 6.45) is 10.1. The Balaban J connectivity index is 2.20. The molecule has 0 amide bonds. The lowest BCUT2D eigenvalue weighted by Crippen LogP contribution is -2.16. The van der Waals surface area contributed by atoms with Crippen LogP contribution < -0.4 is 5.73 Å². The molecular formula is C17H28FN. The fourth-order valence-electron chi connectivity index (χ4n) is 2.47. The quantitative estimate of drug-likeness (QED) is 0.610. The van der Waals surface area contributed by atoms with Gasteiger partial charge in [-0.25, -0.2) is 4.39 Å². The summed E-state index contributed by atoms with van der Waals surface area (Å²) in [7, 11) is 0. The number of unbranched alkanes of at least 4 members (excludes halogenated alkanes) is 5. The maximum Gasteiger partial charge on any atom is 0.123 e. The van der Waals surface area contributed by atoms with Crippen LogP contribution in [0.2, 0.25) is 0 Å². The molecule has 0 saturated carbocycles. The van der Waals surface area contributed by atoms with E-state index in [1.54, 1.807) is 0 Å². The molecule has 108 valence electrons. The molecule has 0 bridgehead atoms. The first-order valence-corrected chi connectivity index (χ1v) is 7.70. The second-order valence-electron chi connectivity index (χ2n) is 5.49. The number of nitrogens with two attached hydrogens (primary N) is 1. The van der Waals surface area contributed by atoms with Gasteiger partial charge in [-0.1, -0.05) is 57.6 Å². The second kappa shape index (κ2) is 9.96. The third kappa shape index (κ3) is 7.31. The summed E-state index contributed by atoms with van der Waals surface area (Å²) in [6, 6.07) is 6.82. The molecule has 1 rings (SSSR count). The Morgan fingerprint density at radius 3 is 2.26 bits per heavy atom. The number of halogens is 1. The van der Waals surface area contributed by atoms with Gasteiger partial charge in [0.1, 0.15) is 5.82 Å². The van der Waals surface area contributed by atoms with Gasteiger partial charge in [-0.15, -0.1) is 0 Å². The van der Waals surface area contributed by atoms with Crippen LogP contribution in [-0.2, 0) is 6.42 Å². The van der Waals surface area contributed by atoms with E-state index in [0.717, 1.165) is 13.0 Å². The van der Waals surface area contributed by atoms with Crippen molar-refractivity contribution in [3.8, 4) is 0 Å². The Morgan fingerprint density at radius 2 is 1.63 bits per heavy atom. The predicted octanol–water partition coefficient (Wildman–Crippen LogP) is 4.69. The molecule has 1 atom stereocenters. The molecule has 0 aromatic heterocycles. The smallest absolute Gasteiger partial charge is 0.123 e. The molecule has 2 heteroatoms. The molecular weight excluding hydrogens is 237 g/mol. The maximum atomic E-state index is 12.8. The number of rotatable bonds is 10. The lowest BCUT2D eigenvalue weighted by Gasteiger charge is -2.14. The van der Waals surface area contributed by atoms with E-state index in [9.17, 15) is 4.39 Å². The van der Waals surface area contributed by atoms with Gasteiger partial charge in [0, 0.05) is 0 Å². The van der Waals surface area contributed by atoms with Crippen molar-refractivity contribution in [3.05, 3.63) is 35.6 Å². The van der Waals surface area contributed by atoms with Gasteiger partial charge in [-0.3, -0.25) is 0 Å². The van der Waals surface area contributed by atoms with E-state index in [-0.39, 0.29) is 5.82 Å². The Hall–Kier alpha value is -0.890. The molecule has 0 radical (unpaired) electrons. The molecule has 0 aliphatic rings. The monoisotopic (exact) mass is 265 g/mol. The zero-order valence-corrected chi connectivity index (χ0v) is 12.2. The molecule has 0 saturated heterocycles. The van der Waals surface area contributed by atoms with Gasteiger partial charge in [0.15, 0.2) is 0 Å². The first-order valence-electron chi connectivity index (χ1n) is 7.70. The van der Waals surface area contributed by atoms with E-state index in [2.05, 4.69) is 6.92 Å². The van der Waals surface area contributed by atoms with Crippen molar-refractivity contribution in [3.63, 3.8) is 0 Å². The summed E-state index contributed by atoms with van der Waals surface area (Å²) in [5.74, 6) is 0.376. The van der Waals surface area contributed by atoms with Crippen LogP contribution in [0.4, 0.5) is 4.39 Å². The van der Waals surface area contributed by atoms with E-state index >= 15 is 0 Å². The van der Waals surface area contributed by atoms with E-state index in [1.165, 1.54) is 62.6 Å². The van der Waals surface area contributed by atoms with Crippen LogP contribution in [0, 0.1) is 11.7 Å². The standard InChI is InChI=1S/C17H28FN/c1-2-3-4-5-6-7-8-16(14-19)13-15-9-11-17(18)12-10-15/h9-12,16H,2-8,13-14,19H2,1H3. The Bertz CT molecular complexity index is 321. The van der Waals surface area contributed by atoms with Crippen molar-refractivity contribution in [1.82, 2.24) is 0 Å². The highest BCUT2D eigenvalue weighted by Gasteiger charge is 2.07. The van der Waals surface area contributed by atoms with Gasteiger partial charge < -0.3 is 5.73 Å². The molecule has 1 aromatic carbocycles. The van der Waals surface area contributed by atoms with Crippen molar-refractivity contribution < 1.29 is 4.39 Å². The Labute approximate surface area is 117 Å². The van der Waals surface area contributed by atoms with Crippen LogP contribution in [-0.4, -0.2) is 6.54 Å². The fraction of sp³-hybridized carbons (Fsp3) is 0.647. The summed E-state index contributed by atoms with van der Waals surface area (Å²) >= 11 is 0. The molecule has 1 unspecified atom stereocenters. The van der Waals surface area contributed by atoms with Crippen LogP contribution in [0.25, 0.3) is 0 Å². The SMILES string of the molecule is CCCCCCCCC(CN)Cc1ccc(F)cc1. The summed E-state index contributed by atoms with van der Waals surface area (Å²) in [6.45, 7) is 2.97. The van der Waals surface area contributed by atoms with Crippen LogP contribution >= 0.6 is 0 Å². The van der Waals surface area contributed by atoms with Crippen molar-refractivity contribution in [2.24, 2.45) is 11.7 Å². The molecule has 0 aliphatic heterocycles. The summed E-state index contributed by atoms with van der Waals surface area (Å²) in [5, 5.41) is 0. The molecule has 0 aliphatic carbocycles. The van der Waals surface area contributed by atoms with Gasteiger partial charge in [0.05, 0.1) is 0 Å². The average molecular weight is 265 g/mol. The van der Waals surface area contributed by atoms with Gasteiger partial charge >= 0.3 is 0 Å². The van der Waals surface area contributed by atoms with E-state index in [0.29, 0.717) is 5.92 Å². The number of benzene rings is 1. The van der Waals surface area contributed by atoms with Gasteiger partial charge in [0.25, 0.3) is 0 Å². The zero-order valence-electron chi connectivity index (χ0n) is 12.2. The van der Waals surface area contributed by atoms with E-state index in [1.807, 2.05) is 12.1 Å². The minimum absolute atomic E-state index is 0.163. The second-order valence-corrected chi connectivity index (χ2v) is 5.49. The average Bonchev–Trinajstić information content (AvgIpc) is 2.43. The van der Waals surface area contributed by atoms with E-state index < -0.39 is 0 Å². The van der Waals surface area contributed by atoms with Gasteiger partial charge in [0.2, 0.25) is 0 Å². The fourth-order valence-corrected chi connectivity index (χ4v) is 2.47. The maximum absolute atomic E-state index is 12.8. The minimum Gasteiger partial charge on any atom is -0.330 e. The van der Waals surface area contributed by atoms with Crippen LogP contribution in [0.15, 0.2) is 24.3 Å². The Morgan fingerprint density at radius 1 is 1.00 bits per heavy atom. The lowest BCUT2D eigenvalue weighted by molar-refractivity contribution is 0.456. The van der Waals surface area contributed by atoms with Crippen molar-refractivity contribution >= 4 is 0 Å². The molecule has 0 heterocycles. The topological polar surface area (TPSA) is 26.0 Å². The molecule has 2 N–H and O–H groups in total. The molecule has 1 nitrogen and oxygen atoms in total. The third-order valence-electron chi connectivity index (χ3n) is 3.74. The lowest BCUT2D eigenvalue weighted by atomic mass is 9.93.